The fourth-order valence-corrected chi connectivity index (χ4v) is 0. The van der Waals surface area contributed by atoms with Gasteiger partial charge in [0.1, 0.15) is 0 Å². The van der Waals surface area contributed by atoms with Crippen molar-refractivity contribution in [2.45, 2.75) is 39.3 Å². The van der Waals surface area contributed by atoms with E-state index >= 15 is 0 Å². The molecular formula is C6H20KNSi2. The molecule has 0 aromatic heterocycles. The predicted octanol–water partition coefficient (Wildman–Crippen LogP) is 0.462. The van der Waals surface area contributed by atoms with Gasteiger partial charge in [0.15, 0.2) is 0 Å². The molecule has 0 atom stereocenters. The van der Waals surface area contributed by atoms with Gasteiger partial charge in [-0.2, -0.15) is 0 Å². The average Bonchev–Trinajstić information content (AvgIpc) is 1.25. The van der Waals surface area contributed by atoms with Crippen molar-refractivity contribution >= 4 is 15.2 Å². The summed E-state index contributed by atoms with van der Waals surface area (Å²) < 4.78 is 0. The normalized spacial score (nSPS) is 11.4. The first-order valence-corrected chi connectivity index (χ1v) is 11.2. The van der Waals surface area contributed by atoms with Gasteiger partial charge in [0, 0.05) is 15.2 Å². The van der Waals surface area contributed by atoms with Crippen LogP contribution in [0.4, 0.5) is 0 Å². The molecule has 0 spiro atoms. The van der Waals surface area contributed by atoms with E-state index in [1.54, 1.807) is 0 Å². The van der Waals surface area contributed by atoms with Gasteiger partial charge in [0.25, 0.3) is 0 Å². The van der Waals surface area contributed by atoms with Crippen molar-refractivity contribution in [3.8, 4) is 0 Å². The minimum atomic E-state index is -0.720. The summed E-state index contributed by atoms with van der Waals surface area (Å²) in [6.45, 7) is 14.8. The van der Waals surface area contributed by atoms with Crippen LogP contribution < -0.4 is 51.4 Å². The topological polar surface area (TPSA) is 33.5 Å². The van der Waals surface area contributed by atoms with Gasteiger partial charge >= 0.3 is 51.4 Å². The maximum Gasteiger partial charge on any atom is 1.00 e. The molecule has 0 bridgehead atoms. The van der Waals surface area contributed by atoms with Gasteiger partial charge in [-0.25, -0.2) is 0 Å². The Bertz CT molecular complexity index is 70.7. The molecule has 0 amide bonds. The number of hydrogen-bond donors (Lipinski definition) is 0. The molecule has 0 heterocycles. The first-order chi connectivity index (χ1) is 3.25. The third kappa shape index (κ3) is 6.72. The number of nitrogens with two attached hydrogens (primary N) is 1. The minimum absolute atomic E-state index is 0. The van der Waals surface area contributed by atoms with E-state index in [0.717, 1.165) is 0 Å². The van der Waals surface area contributed by atoms with E-state index in [1.165, 1.54) is 0 Å². The molecule has 0 rings (SSSR count). The van der Waals surface area contributed by atoms with Crippen molar-refractivity contribution in [1.82, 2.24) is 0 Å². The van der Waals surface area contributed by atoms with Gasteiger partial charge in [-0.1, -0.05) is 39.3 Å². The Kier molecular flexibility index (Phi) is 10.1. The van der Waals surface area contributed by atoms with E-state index in [2.05, 4.69) is 39.3 Å². The average molecular weight is 202 g/mol. The second-order valence-corrected chi connectivity index (χ2v) is 22.5. The third-order valence-electron chi connectivity index (χ3n) is 2.25. The Morgan fingerprint density at radius 1 is 0.600 bits per heavy atom. The van der Waals surface area contributed by atoms with Crippen LogP contribution in [0.25, 0.3) is 6.15 Å². The molecule has 0 aliphatic carbocycles. The van der Waals surface area contributed by atoms with Gasteiger partial charge in [-0.15, -0.1) is 0 Å². The van der Waals surface area contributed by atoms with Crippen LogP contribution in [0.5, 0.6) is 0 Å². The Morgan fingerprint density at radius 2 is 0.700 bits per heavy atom. The zero-order chi connectivity index (χ0) is 7.00. The Labute approximate surface area is 110 Å². The van der Waals surface area contributed by atoms with Gasteiger partial charge < -0.3 is 6.15 Å². The second kappa shape index (κ2) is 5.64. The van der Waals surface area contributed by atoms with Crippen molar-refractivity contribution in [2.75, 3.05) is 0 Å². The standard InChI is InChI=1S/C6H18Si2.K.H2N/c1-7(2,3)8(4,5)6;;/h1-6H3;;1H2/q;+1;-1. The summed E-state index contributed by atoms with van der Waals surface area (Å²) in [7, 11) is -1.44. The van der Waals surface area contributed by atoms with E-state index in [4.69, 9.17) is 0 Å². The molecule has 0 saturated heterocycles. The van der Waals surface area contributed by atoms with Crippen LogP contribution >= 0.6 is 0 Å². The van der Waals surface area contributed by atoms with E-state index < -0.39 is 15.2 Å². The van der Waals surface area contributed by atoms with Crippen LogP contribution in [0.15, 0.2) is 0 Å². The van der Waals surface area contributed by atoms with Crippen LogP contribution in [0, 0.1) is 0 Å². The van der Waals surface area contributed by atoms with Gasteiger partial charge in [0.2, 0.25) is 0 Å². The van der Waals surface area contributed by atoms with Crippen LogP contribution in [0.3, 0.4) is 0 Å². The summed E-state index contributed by atoms with van der Waals surface area (Å²) in [5.74, 6) is 0. The number of hydrogen-bond acceptors (Lipinski definition) is 0. The second-order valence-electron chi connectivity index (χ2n) is 4.50. The summed E-state index contributed by atoms with van der Waals surface area (Å²) >= 11 is 0. The van der Waals surface area contributed by atoms with Gasteiger partial charge in [-0.05, 0) is 0 Å². The minimum Gasteiger partial charge on any atom is -0.693 e. The summed E-state index contributed by atoms with van der Waals surface area (Å²) in [5.41, 5.74) is 0. The molecule has 2 N–H and O–H groups in total. The predicted molar refractivity (Wildman–Crippen MR) is 52.0 cm³/mol. The third-order valence-corrected chi connectivity index (χ3v) is 20.2. The molecule has 4 heteroatoms. The maximum atomic E-state index is 2.47. The first kappa shape index (κ1) is 17.9. The van der Waals surface area contributed by atoms with E-state index in [-0.39, 0.29) is 57.5 Å². The maximum absolute atomic E-state index is 2.47. The molecule has 0 radical (unpaired) electrons. The first-order valence-electron chi connectivity index (χ1n) is 3.25. The van der Waals surface area contributed by atoms with E-state index in [1.807, 2.05) is 0 Å². The van der Waals surface area contributed by atoms with Crippen molar-refractivity contribution in [2.24, 2.45) is 0 Å². The number of rotatable bonds is 1. The molecule has 0 saturated carbocycles. The van der Waals surface area contributed by atoms with Crippen molar-refractivity contribution < 1.29 is 51.4 Å². The summed E-state index contributed by atoms with van der Waals surface area (Å²) in [6.07, 6.45) is 0. The van der Waals surface area contributed by atoms with Crippen molar-refractivity contribution in [1.29, 1.82) is 0 Å². The molecule has 58 valence electrons. The largest absolute Gasteiger partial charge is 1.00 e. The van der Waals surface area contributed by atoms with E-state index in [0.29, 0.717) is 0 Å². The van der Waals surface area contributed by atoms with Crippen LogP contribution in [0.1, 0.15) is 0 Å². The molecular weight excluding hydrogens is 181 g/mol. The van der Waals surface area contributed by atoms with Crippen LogP contribution in [0.2, 0.25) is 39.3 Å². The van der Waals surface area contributed by atoms with Crippen molar-refractivity contribution in [3.05, 3.63) is 6.15 Å². The van der Waals surface area contributed by atoms with Crippen molar-refractivity contribution in [3.63, 3.8) is 0 Å². The molecule has 0 aliphatic rings. The summed E-state index contributed by atoms with van der Waals surface area (Å²) in [5, 5.41) is 0. The molecule has 0 aromatic rings. The fourth-order valence-electron chi connectivity index (χ4n) is 0. The Hall–Kier alpha value is 2.03. The Morgan fingerprint density at radius 3 is 0.700 bits per heavy atom. The smallest absolute Gasteiger partial charge is 0.693 e. The Balaban J connectivity index is -0.000000245. The van der Waals surface area contributed by atoms with Crippen LogP contribution in [-0.2, 0) is 0 Å². The van der Waals surface area contributed by atoms with E-state index in [9.17, 15) is 0 Å². The zero-order valence-corrected chi connectivity index (χ0v) is 13.7. The van der Waals surface area contributed by atoms with Crippen LogP contribution in [-0.4, -0.2) is 15.2 Å². The SMILES string of the molecule is C[Si](C)(C)[Si](C)(C)C.[K+].[NH2-]. The molecule has 0 unspecified atom stereocenters. The summed E-state index contributed by atoms with van der Waals surface area (Å²) in [6, 6.07) is 0. The van der Waals surface area contributed by atoms with Gasteiger partial charge in [0.05, 0.1) is 0 Å². The summed E-state index contributed by atoms with van der Waals surface area (Å²) in [4.78, 5) is 0. The molecule has 10 heavy (non-hydrogen) atoms. The quantitative estimate of drug-likeness (QED) is 0.553. The molecule has 1 nitrogen and oxygen atoms in total. The molecule has 0 aromatic carbocycles. The molecule has 0 aliphatic heterocycles. The molecule has 0 fully saturated rings. The van der Waals surface area contributed by atoms with Gasteiger partial charge in [-0.3, -0.25) is 0 Å². The monoisotopic (exact) mass is 201 g/mol. The fraction of sp³-hybridized carbons (Fsp3) is 1.00. The zero-order valence-electron chi connectivity index (χ0n) is 8.58.